The van der Waals surface area contributed by atoms with Crippen LogP contribution in [0.4, 0.5) is 5.69 Å². The number of hydrogen-bond donors (Lipinski definition) is 0. The molecule has 4 rings (SSSR count). The molecule has 1 aliphatic heterocycles. The molecule has 0 bridgehead atoms. The van der Waals surface area contributed by atoms with E-state index in [1.54, 1.807) is 11.8 Å². The molecule has 1 aliphatic rings. The van der Waals surface area contributed by atoms with E-state index in [2.05, 4.69) is 57.2 Å². The Labute approximate surface area is 193 Å². The van der Waals surface area contributed by atoms with Crippen molar-refractivity contribution in [2.24, 2.45) is 5.41 Å². The van der Waals surface area contributed by atoms with Crippen LogP contribution in [-0.2, 0) is 4.79 Å². The quantitative estimate of drug-likeness (QED) is 0.433. The van der Waals surface area contributed by atoms with Crippen molar-refractivity contribution in [3.05, 3.63) is 76.8 Å². The molecule has 5 heteroatoms. The highest BCUT2D eigenvalue weighted by Crippen LogP contribution is 2.49. The second-order valence-electron chi connectivity index (χ2n) is 9.12. The third-order valence-electron chi connectivity index (χ3n) is 5.42. The van der Waals surface area contributed by atoms with E-state index in [4.69, 9.17) is 11.6 Å². The Morgan fingerprint density at radius 1 is 1.06 bits per heavy atom. The Hall–Kier alpha value is -2.48. The van der Waals surface area contributed by atoms with Crippen LogP contribution in [0.1, 0.15) is 43.6 Å². The molecule has 1 amide bonds. The van der Waals surface area contributed by atoms with E-state index >= 15 is 0 Å². The highest BCUT2D eigenvalue weighted by atomic mass is 35.5. The van der Waals surface area contributed by atoms with E-state index in [1.165, 1.54) is 0 Å². The molecule has 0 saturated carbocycles. The van der Waals surface area contributed by atoms with Gasteiger partial charge in [-0.25, -0.2) is 0 Å². The number of carbonyl (C=O) groups is 1. The molecule has 2 unspecified atom stereocenters. The number of rotatable bonds is 3. The highest BCUT2D eigenvalue weighted by Gasteiger charge is 2.38. The molecule has 3 aromatic rings. The van der Waals surface area contributed by atoms with Crippen LogP contribution < -0.4 is 4.90 Å². The van der Waals surface area contributed by atoms with Gasteiger partial charge >= 0.3 is 0 Å². The summed E-state index contributed by atoms with van der Waals surface area (Å²) in [5.41, 5.74) is 2.95. The molecule has 0 saturated heterocycles. The van der Waals surface area contributed by atoms with E-state index in [-0.39, 0.29) is 23.0 Å². The van der Waals surface area contributed by atoms with Crippen molar-refractivity contribution in [2.75, 3.05) is 11.4 Å². The number of thioether (sulfide) groups is 1. The fourth-order valence-electron chi connectivity index (χ4n) is 4.15. The zero-order valence-corrected chi connectivity index (χ0v) is 19.5. The monoisotopic (exact) mass is 448 g/mol. The molecule has 31 heavy (non-hydrogen) atoms. The van der Waals surface area contributed by atoms with Gasteiger partial charge < -0.3 is 4.90 Å². The number of halogens is 1. The normalized spacial score (nSPS) is 19.1. The van der Waals surface area contributed by atoms with Crippen LogP contribution in [0.5, 0.6) is 0 Å². The second-order valence-corrected chi connectivity index (χ2v) is 10.9. The standard InChI is InChI=1S/C26H25ClN2OS/c1-26(2,3)16-29-22-12-11-18(27)15-21(22)24(31-23(13-14-28)25(29)30)20-10-6-8-17-7-4-5-9-19(17)20/h4-12,15,23-24H,13,16H2,1-3H3. The van der Waals surface area contributed by atoms with Gasteiger partial charge in [0.1, 0.15) is 0 Å². The van der Waals surface area contributed by atoms with Crippen LogP contribution in [0.3, 0.4) is 0 Å². The number of carbonyl (C=O) groups excluding carboxylic acids is 1. The minimum Gasteiger partial charge on any atom is -0.311 e. The summed E-state index contributed by atoms with van der Waals surface area (Å²) in [4.78, 5) is 15.5. The van der Waals surface area contributed by atoms with Crippen LogP contribution in [-0.4, -0.2) is 17.7 Å². The maximum absolute atomic E-state index is 13.6. The van der Waals surface area contributed by atoms with E-state index in [0.29, 0.717) is 11.6 Å². The molecule has 1 heterocycles. The first-order valence-electron chi connectivity index (χ1n) is 10.4. The SMILES string of the molecule is CC(C)(C)CN1C(=O)C(CC#N)SC(c2cccc3ccccc23)c2cc(Cl)ccc21. The first-order chi connectivity index (χ1) is 14.8. The molecule has 2 atom stereocenters. The molecule has 0 radical (unpaired) electrons. The van der Waals surface area contributed by atoms with Gasteiger partial charge in [0.25, 0.3) is 0 Å². The lowest BCUT2D eigenvalue weighted by molar-refractivity contribution is -0.118. The number of anilines is 1. The number of nitriles is 1. The number of fused-ring (bicyclic) bond motifs is 2. The first-order valence-corrected chi connectivity index (χ1v) is 11.7. The summed E-state index contributed by atoms with van der Waals surface area (Å²) in [7, 11) is 0. The van der Waals surface area contributed by atoms with Gasteiger partial charge in [0, 0.05) is 17.3 Å². The largest absolute Gasteiger partial charge is 0.311 e. The van der Waals surface area contributed by atoms with Gasteiger partial charge in [0.2, 0.25) is 5.91 Å². The zero-order valence-electron chi connectivity index (χ0n) is 17.9. The smallest absolute Gasteiger partial charge is 0.241 e. The van der Waals surface area contributed by atoms with Crippen LogP contribution in [0.2, 0.25) is 5.02 Å². The Bertz CT molecular complexity index is 1170. The lowest BCUT2D eigenvalue weighted by atomic mass is 9.93. The molecule has 0 aliphatic carbocycles. The fourth-order valence-corrected chi connectivity index (χ4v) is 5.76. The van der Waals surface area contributed by atoms with Crippen molar-refractivity contribution in [1.82, 2.24) is 0 Å². The van der Waals surface area contributed by atoms with Gasteiger partial charge in [-0.3, -0.25) is 4.79 Å². The van der Waals surface area contributed by atoms with Crippen molar-refractivity contribution >= 4 is 45.7 Å². The molecule has 158 valence electrons. The van der Waals surface area contributed by atoms with Crippen molar-refractivity contribution in [3.63, 3.8) is 0 Å². The van der Waals surface area contributed by atoms with E-state index in [0.717, 1.165) is 27.6 Å². The van der Waals surface area contributed by atoms with Gasteiger partial charge in [0.05, 0.1) is 23.0 Å². The summed E-state index contributed by atoms with van der Waals surface area (Å²) in [6.45, 7) is 6.94. The van der Waals surface area contributed by atoms with Crippen molar-refractivity contribution in [1.29, 1.82) is 5.26 Å². The Morgan fingerprint density at radius 2 is 1.81 bits per heavy atom. The summed E-state index contributed by atoms with van der Waals surface area (Å²) < 4.78 is 0. The topological polar surface area (TPSA) is 44.1 Å². The summed E-state index contributed by atoms with van der Waals surface area (Å²) in [5, 5.41) is 11.9. The average molecular weight is 449 g/mol. The lowest BCUT2D eigenvalue weighted by Gasteiger charge is -2.31. The van der Waals surface area contributed by atoms with Crippen molar-refractivity contribution < 1.29 is 4.79 Å². The van der Waals surface area contributed by atoms with Crippen LogP contribution in [0, 0.1) is 16.7 Å². The molecule has 0 spiro atoms. The average Bonchev–Trinajstić information content (AvgIpc) is 2.83. The van der Waals surface area contributed by atoms with Gasteiger partial charge in [-0.1, -0.05) is 74.8 Å². The van der Waals surface area contributed by atoms with E-state index in [1.807, 2.05) is 35.2 Å². The maximum atomic E-state index is 13.6. The third-order valence-corrected chi connectivity index (χ3v) is 7.13. The van der Waals surface area contributed by atoms with Crippen LogP contribution >= 0.6 is 23.4 Å². The first kappa shape index (κ1) is 21.7. The minimum absolute atomic E-state index is 0.00668. The summed E-state index contributed by atoms with van der Waals surface area (Å²) in [5.74, 6) is -0.00668. The third kappa shape index (κ3) is 4.44. The molecule has 3 nitrogen and oxygen atoms in total. The summed E-state index contributed by atoms with van der Waals surface area (Å²) in [6.07, 6.45) is 0.174. The molecule has 0 aromatic heterocycles. The number of amides is 1. The second kappa shape index (κ2) is 8.57. The summed E-state index contributed by atoms with van der Waals surface area (Å²) in [6, 6.07) is 22.6. The minimum atomic E-state index is -0.442. The molecular weight excluding hydrogens is 424 g/mol. The highest BCUT2D eigenvalue weighted by molar-refractivity contribution is 8.01. The fraction of sp³-hybridized carbons (Fsp3) is 0.308. The Balaban J connectivity index is 1.96. The van der Waals surface area contributed by atoms with Gasteiger partial charge in [-0.15, -0.1) is 11.8 Å². The van der Waals surface area contributed by atoms with Crippen LogP contribution in [0.15, 0.2) is 60.7 Å². The van der Waals surface area contributed by atoms with Gasteiger partial charge in [0.15, 0.2) is 0 Å². The van der Waals surface area contributed by atoms with Crippen LogP contribution in [0.25, 0.3) is 10.8 Å². The molecule has 0 fully saturated rings. The number of benzene rings is 3. The van der Waals surface area contributed by atoms with Gasteiger partial charge in [-0.2, -0.15) is 5.26 Å². The molecular formula is C26H25ClN2OS. The predicted molar refractivity (Wildman–Crippen MR) is 131 cm³/mol. The lowest BCUT2D eigenvalue weighted by Crippen LogP contribution is -2.42. The van der Waals surface area contributed by atoms with Crippen molar-refractivity contribution in [3.8, 4) is 6.07 Å². The van der Waals surface area contributed by atoms with Crippen molar-refractivity contribution in [2.45, 2.75) is 37.7 Å². The van der Waals surface area contributed by atoms with Gasteiger partial charge in [-0.05, 0) is 45.5 Å². The van der Waals surface area contributed by atoms with E-state index < -0.39 is 5.25 Å². The Kier molecular flexibility index (Phi) is 6.01. The zero-order chi connectivity index (χ0) is 22.2. The predicted octanol–water partition coefficient (Wildman–Crippen LogP) is 6.99. The maximum Gasteiger partial charge on any atom is 0.241 e. The molecule has 3 aromatic carbocycles. The number of nitrogens with zero attached hydrogens (tertiary/aromatic N) is 2. The molecule has 0 N–H and O–H groups in total. The number of hydrogen-bond acceptors (Lipinski definition) is 3. The van der Waals surface area contributed by atoms with E-state index in [9.17, 15) is 10.1 Å². The summed E-state index contributed by atoms with van der Waals surface area (Å²) >= 11 is 8.01. The Morgan fingerprint density at radius 3 is 2.55 bits per heavy atom.